The van der Waals surface area contributed by atoms with Crippen molar-refractivity contribution in [2.75, 3.05) is 11.9 Å². The van der Waals surface area contributed by atoms with E-state index in [4.69, 9.17) is 4.74 Å². The molecule has 0 aromatic rings. The molecule has 0 saturated heterocycles. The van der Waals surface area contributed by atoms with Crippen LogP contribution in [0.25, 0.3) is 0 Å². The quantitative estimate of drug-likeness (QED) is 0.485. The lowest BCUT2D eigenvalue weighted by molar-refractivity contribution is 0.108. The van der Waals surface area contributed by atoms with Crippen molar-refractivity contribution >= 4 is 31.9 Å². The smallest absolute Gasteiger partial charge is 0.112 e. The first-order valence-electron chi connectivity index (χ1n) is 4.63. The van der Waals surface area contributed by atoms with Gasteiger partial charge in [0.2, 0.25) is 0 Å². The summed E-state index contributed by atoms with van der Waals surface area (Å²) in [6.07, 6.45) is 5.97. The second kappa shape index (κ2) is 10.0. The van der Waals surface area contributed by atoms with Gasteiger partial charge in [0.05, 0.1) is 0 Å². The van der Waals surface area contributed by atoms with Crippen molar-refractivity contribution in [1.29, 1.82) is 0 Å². The number of alkyl halides is 2. The second-order valence-electron chi connectivity index (χ2n) is 2.82. The minimum absolute atomic E-state index is 0.271. The Bertz CT molecular complexity index is 88.6. The fourth-order valence-electron chi connectivity index (χ4n) is 0.856. The Labute approximate surface area is 92.5 Å². The van der Waals surface area contributed by atoms with Crippen LogP contribution in [-0.2, 0) is 4.74 Å². The highest BCUT2D eigenvalue weighted by molar-refractivity contribution is 9.09. The summed E-state index contributed by atoms with van der Waals surface area (Å²) >= 11 is 6.89. The zero-order valence-electron chi connectivity index (χ0n) is 7.69. The highest BCUT2D eigenvalue weighted by Crippen LogP contribution is 2.11. The van der Waals surface area contributed by atoms with E-state index in [-0.39, 0.29) is 5.01 Å². The van der Waals surface area contributed by atoms with Gasteiger partial charge in [-0.1, -0.05) is 51.6 Å². The Morgan fingerprint density at radius 3 is 2.58 bits per heavy atom. The number of unbranched alkanes of at least 4 members (excludes halogenated alkanes) is 2. The van der Waals surface area contributed by atoms with Gasteiger partial charge in [0.1, 0.15) is 5.01 Å². The molecule has 12 heavy (non-hydrogen) atoms. The molecule has 74 valence electrons. The Balaban J connectivity index is 3.02. The molecule has 0 aliphatic carbocycles. The molecular weight excluding hydrogens is 284 g/mol. The SMILES string of the molecule is CCCCC(Br)OCCCCBr. The number of halogens is 2. The molecule has 0 rings (SSSR count). The number of ether oxygens (including phenoxy) is 1. The van der Waals surface area contributed by atoms with E-state index in [1.807, 2.05) is 0 Å². The largest absolute Gasteiger partial charge is 0.367 e. The van der Waals surface area contributed by atoms with Crippen LogP contribution in [0, 0.1) is 0 Å². The molecule has 0 aliphatic heterocycles. The van der Waals surface area contributed by atoms with Gasteiger partial charge in [-0.3, -0.25) is 0 Å². The van der Waals surface area contributed by atoms with Crippen LogP contribution in [0.5, 0.6) is 0 Å². The molecule has 0 radical (unpaired) electrons. The Hall–Kier alpha value is 0.920. The first kappa shape index (κ1) is 12.9. The summed E-state index contributed by atoms with van der Waals surface area (Å²) < 4.78 is 5.54. The summed E-state index contributed by atoms with van der Waals surface area (Å²) in [5.74, 6) is 0. The van der Waals surface area contributed by atoms with E-state index in [9.17, 15) is 0 Å². The second-order valence-corrected chi connectivity index (χ2v) is 4.63. The van der Waals surface area contributed by atoms with Crippen molar-refractivity contribution < 1.29 is 4.74 Å². The standard InChI is InChI=1S/C9H18Br2O/c1-2-3-6-9(11)12-8-5-4-7-10/h9H,2-8H2,1H3. The number of hydrogen-bond acceptors (Lipinski definition) is 1. The van der Waals surface area contributed by atoms with Crippen LogP contribution in [-0.4, -0.2) is 17.0 Å². The summed E-state index contributed by atoms with van der Waals surface area (Å²) in [5, 5.41) is 1.35. The molecule has 0 aromatic carbocycles. The molecule has 0 bridgehead atoms. The monoisotopic (exact) mass is 300 g/mol. The summed E-state index contributed by atoms with van der Waals surface area (Å²) in [7, 11) is 0. The van der Waals surface area contributed by atoms with Crippen LogP contribution in [0.4, 0.5) is 0 Å². The van der Waals surface area contributed by atoms with Crippen LogP contribution < -0.4 is 0 Å². The van der Waals surface area contributed by atoms with Crippen LogP contribution in [0.3, 0.4) is 0 Å². The van der Waals surface area contributed by atoms with E-state index < -0.39 is 0 Å². The van der Waals surface area contributed by atoms with Gasteiger partial charge in [-0.25, -0.2) is 0 Å². The zero-order chi connectivity index (χ0) is 9.23. The lowest BCUT2D eigenvalue weighted by Gasteiger charge is -2.09. The van der Waals surface area contributed by atoms with Crippen LogP contribution >= 0.6 is 31.9 Å². The minimum atomic E-state index is 0.271. The molecule has 0 spiro atoms. The fraction of sp³-hybridized carbons (Fsp3) is 1.00. The molecule has 0 saturated carbocycles. The van der Waals surface area contributed by atoms with Gasteiger partial charge in [-0.15, -0.1) is 0 Å². The van der Waals surface area contributed by atoms with Crippen molar-refractivity contribution in [3.05, 3.63) is 0 Å². The number of hydrogen-bond donors (Lipinski definition) is 0. The molecule has 0 aliphatic rings. The third-order valence-corrected chi connectivity index (χ3v) is 2.89. The Morgan fingerprint density at radius 2 is 2.00 bits per heavy atom. The average Bonchev–Trinajstić information content (AvgIpc) is 2.09. The molecule has 1 atom stereocenters. The van der Waals surface area contributed by atoms with Gasteiger partial charge in [-0.05, 0) is 19.3 Å². The normalized spacial score (nSPS) is 13.2. The summed E-state index contributed by atoms with van der Waals surface area (Å²) in [4.78, 5) is 0. The van der Waals surface area contributed by atoms with Crippen LogP contribution in [0.15, 0.2) is 0 Å². The van der Waals surface area contributed by atoms with Crippen molar-refractivity contribution in [2.24, 2.45) is 0 Å². The molecule has 1 unspecified atom stereocenters. The van der Waals surface area contributed by atoms with E-state index in [2.05, 4.69) is 38.8 Å². The lowest BCUT2D eigenvalue weighted by atomic mass is 10.3. The molecule has 0 N–H and O–H groups in total. The van der Waals surface area contributed by atoms with E-state index in [0.29, 0.717) is 0 Å². The fourth-order valence-corrected chi connectivity index (χ4v) is 1.76. The lowest BCUT2D eigenvalue weighted by Crippen LogP contribution is -2.05. The first-order chi connectivity index (χ1) is 5.81. The van der Waals surface area contributed by atoms with Gasteiger partial charge in [0.25, 0.3) is 0 Å². The Kier molecular flexibility index (Phi) is 10.8. The maximum atomic E-state index is 5.54. The van der Waals surface area contributed by atoms with Gasteiger partial charge in [0.15, 0.2) is 0 Å². The van der Waals surface area contributed by atoms with Crippen molar-refractivity contribution in [1.82, 2.24) is 0 Å². The van der Waals surface area contributed by atoms with Crippen LogP contribution in [0.2, 0.25) is 0 Å². The molecule has 0 amide bonds. The Morgan fingerprint density at radius 1 is 1.25 bits per heavy atom. The molecule has 0 fully saturated rings. The van der Waals surface area contributed by atoms with Crippen LogP contribution in [0.1, 0.15) is 39.0 Å². The highest BCUT2D eigenvalue weighted by atomic mass is 79.9. The zero-order valence-corrected chi connectivity index (χ0v) is 10.9. The van der Waals surface area contributed by atoms with E-state index in [1.54, 1.807) is 0 Å². The predicted octanol–water partition coefficient (Wildman–Crippen LogP) is 4.09. The maximum Gasteiger partial charge on any atom is 0.112 e. The van der Waals surface area contributed by atoms with Crippen molar-refractivity contribution in [3.63, 3.8) is 0 Å². The van der Waals surface area contributed by atoms with E-state index >= 15 is 0 Å². The van der Waals surface area contributed by atoms with Gasteiger partial charge >= 0.3 is 0 Å². The van der Waals surface area contributed by atoms with Gasteiger partial charge in [0, 0.05) is 11.9 Å². The molecule has 1 nitrogen and oxygen atoms in total. The predicted molar refractivity (Wildman–Crippen MR) is 61.2 cm³/mol. The molecule has 0 heterocycles. The van der Waals surface area contributed by atoms with E-state index in [0.717, 1.165) is 24.8 Å². The molecule has 0 aromatic heterocycles. The summed E-state index contributed by atoms with van der Waals surface area (Å²) in [6, 6.07) is 0. The third-order valence-electron chi connectivity index (χ3n) is 1.61. The van der Waals surface area contributed by atoms with E-state index in [1.165, 1.54) is 19.3 Å². The third kappa shape index (κ3) is 9.01. The molecular formula is C9H18Br2O. The summed E-state index contributed by atoms with van der Waals surface area (Å²) in [6.45, 7) is 3.08. The maximum absolute atomic E-state index is 5.54. The first-order valence-corrected chi connectivity index (χ1v) is 6.66. The summed E-state index contributed by atoms with van der Waals surface area (Å²) in [5.41, 5.74) is 0. The highest BCUT2D eigenvalue weighted by Gasteiger charge is 2.01. The average molecular weight is 302 g/mol. The molecule has 3 heteroatoms. The number of rotatable bonds is 8. The van der Waals surface area contributed by atoms with Gasteiger partial charge in [-0.2, -0.15) is 0 Å². The minimum Gasteiger partial charge on any atom is -0.367 e. The van der Waals surface area contributed by atoms with Crippen molar-refractivity contribution in [2.45, 2.75) is 44.0 Å². The topological polar surface area (TPSA) is 9.23 Å². The van der Waals surface area contributed by atoms with Gasteiger partial charge < -0.3 is 4.74 Å². The van der Waals surface area contributed by atoms with Crippen molar-refractivity contribution in [3.8, 4) is 0 Å².